The molecule has 0 bridgehead atoms. The molecule has 0 unspecified atom stereocenters. The molecule has 0 fully saturated rings. The fourth-order valence-corrected chi connectivity index (χ4v) is 1.97. The summed E-state index contributed by atoms with van der Waals surface area (Å²) >= 11 is 0. The van der Waals surface area contributed by atoms with Crippen LogP contribution >= 0.6 is 0 Å². The van der Waals surface area contributed by atoms with Crippen molar-refractivity contribution in [3.05, 3.63) is 53.0 Å². The fraction of sp³-hybridized carbons (Fsp3) is 0.250. The van der Waals surface area contributed by atoms with E-state index in [2.05, 4.69) is 15.6 Å². The van der Waals surface area contributed by atoms with E-state index in [1.807, 2.05) is 6.92 Å². The van der Waals surface area contributed by atoms with Gasteiger partial charge in [0.05, 0.1) is 0 Å². The summed E-state index contributed by atoms with van der Waals surface area (Å²) in [6.07, 6.45) is 0.731. The molecule has 1 heterocycles. The number of anilines is 2. The third-order valence-corrected chi connectivity index (χ3v) is 3.27. The Hall–Kier alpha value is -2.43. The molecule has 21 heavy (non-hydrogen) atoms. The Labute approximate surface area is 123 Å². The summed E-state index contributed by atoms with van der Waals surface area (Å²) in [7, 11) is 1.75. The lowest BCUT2D eigenvalue weighted by Gasteiger charge is -2.11. The lowest BCUT2D eigenvalue weighted by Crippen LogP contribution is -2.14. The molecule has 1 amide bonds. The second kappa shape index (κ2) is 6.35. The number of nitrogens with one attached hydrogen (secondary N) is 2. The summed E-state index contributed by atoms with van der Waals surface area (Å²) < 4.78 is 13.5. The molecule has 5 heteroatoms. The van der Waals surface area contributed by atoms with E-state index in [0.717, 1.165) is 12.1 Å². The molecule has 1 aromatic heterocycles. The Kier molecular flexibility index (Phi) is 4.52. The lowest BCUT2D eigenvalue weighted by molar-refractivity contribution is 0.102. The zero-order chi connectivity index (χ0) is 15.4. The van der Waals surface area contributed by atoms with Crippen LogP contribution in [-0.2, 0) is 6.42 Å². The van der Waals surface area contributed by atoms with Crippen LogP contribution < -0.4 is 10.6 Å². The molecule has 0 aliphatic carbocycles. The summed E-state index contributed by atoms with van der Waals surface area (Å²) in [5, 5.41) is 5.67. The summed E-state index contributed by atoms with van der Waals surface area (Å²) in [5.74, 6) is 0.0143. The average molecular weight is 287 g/mol. The molecule has 1 aromatic carbocycles. The maximum atomic E-state index is 13.5. The van der Waals surface area contributed by atoms with Crippen LogP contribution in [0.4, 0.5) is 15.9 Å². The predicted molar refractivity (Wildman–Crippen MR) is 82.3 cm³/mol. The highest BCUT2D eigenvalue weighted by Crippen LogP contribution is 2.19. The average Bonchev–Trinajstić information content (AvgIpc) is 2.51. The Morgan fingerprint density at radius 3 is 2.76 bits per heavy atom. The number of rotatable bonds is 4. The van der Waals surface area contributed by atoms with Crippen molar-refractivity contribution in [3.8, 4) is 0 Å². The van der Waals surface area contributed by atoms with E-state index in [1.165, 1.54) is 6.07 Å². The van der Waals surface area contributed by atoms with Crippen LogP contribution in [-0.4, -0.2) is 17.9 Å². The van der Waals surface area contributed by atoms with Gasteiger partial charge in [-0.15, -0.1) is 0 Å². The number of carbonyl (C=O) groups is 1. The van der Waals surface area contributed by atoms with Crippen LogP contribution in [0.3, 0.4) is 0 Å². The molecule has 2 rings (SSSR count). The first-order valence-corrected chi connectivity index (χ1v) is 6.80. The number of nitrogens with zero attached hydrogens (tertiary/aromatic N) is 1. The number of benzene rings is 1. The largest absolute Gasteiger partial charge is 0.373 e. The Morgan fingerprint density at radius 2 is 2.10 bits per heavy atom. The monoisotopic (exact) mass is 287 g/mol. The van der Waals surface area contributed by atoms with Crippen LogP contribution in [0.1, 0.15) is 28.5 Å². The Morgan fingerprint density at radius 1 is 1.33 bits per heavy atom. The van der Waals surface area contributed by atoms with Gasteiger partial charge in [-0.3, -0.25) is 4.79 Å². The molecule has 0 saturated heterocycles. The van der Waals surface area contributed by atoms with Crippen LogP contribution in [0.15, 0.2) is 30.3 Å². The smallest absolute Gasteiger partial charge is 0.255 e. The van der Waals surface area contributed by atoms with E-state index >= 15 is 0 Å². The van der Waals surface area contributed by atoms with E-state index < -0.39 is 0 Å². The van der Waals surface area contributed by atoms with Gasteiger partial charge in [0.2, 0.25) is 0 Å². The maximum Gasteiger partial charge on any atom is 0.255 e. The van der Waals surface area contributed by atoms with Gasteiger partial charge >= 0.3 is 0 Å². The molecule has 0 spiro atoms. The van der Waals surface area contributed by atoms with Gasteiger partial charge in [0.15, 0.2) is 0 Å². The topological polar surface area (TPSA) is 54.0 Å². The summed E-state index contributed by atoms with van der Waals surface area (Å²) in [5.41, 5.74) is 2.21. The number of halogens is 1. The van der Waals surface area contributed by atoms with Crippen molar-refractivity contribution in [2.45, 2.75) is 20.3 Å². The van der Waals surface area contributed by atoms with E-state index in [4.69, 9.17) is 0 Å². The van der Waals surface area contributed by atoms with Gasteiger partial charge in [-0.25, -0.2) is 9.37 Å². The van der Waals surface area contributed by atoms with E-state index in [0.29, 0.717) is 22.6 Å². The molecule has 110 valence electrons. The van der Waals surface area contributed by atoms with E-state index in [1.54, 1.807) is 38.2 Å². The zero-order valence-corrected chi connectivity index (χ0v) is 12.3. The Bertz CT molecular complexity index is 648. The number of aryl methyl sites for hydroxylation is 1. The van der Waals surface area contributed by atoms with Gasteiger partial charge in [-0.05, 0) is 37.6 Å². The minimum absolute atomic E-state index is 0.280. The standard InChI is InChI=1S/C16H18FN3O/c1-4-12-8-11(9-15(18-3)19-12)16(21)20-14-7-5-6-13(17)10(14)2/h5-9H,4H2,1-3H3,(H,18,19)(H,20,21). The predicted octanol–water partition coefficient (Wildman–Crippen LogP) is 3.39. The van der Waals surface area contributed by atoms with Crippen LogP contribution in [0.2, 0.25) is 0 Å². The van der Waals surface area contributed by atoms with Gasteiger partial charge in [0.1, 0.15) is 11.6 Å². The lowest BCUT2D eigenvalue weighted by atomic mass is 10.1. The van der Waals surface area contributed by atoms with E-state index in [9.17, 15) is 9.18 Å². The number of amides is 1. The Balaban J connectivity index is 2.30. The zero-order valence-electron chi connectivity index (χ0n) is 12.3. The minimum atomic E-state index is -0.340. The first kappa shape index (κ1) is 15.0. The molecule has 0 aliphatic heterocycles. The summed E-state index contributed by atoms with van der Waals surface area (Å²) in [6, 6.07) is 8.03. The van der Waals surface area contributed by atoms with E-state index in [-0.39, 0.29) is 11.7 Å². The highest BCUT2D eigenvalue weighted by atomic mass is 19.1. The SMILES string of the molecule is CCc1cc(C(=O)Nc2cccc(F)c2C)cc(NC)n1. The van der Waals surface area contributed by atoms with Crippen molar-refractivity contribution in [2.75, 3.05) is 17.7 Å². The van der Waals surface area contributed by atoms with Gasteiger partial charge in [-0.2, -0.15) is 0 Å². The summed E-state index contributed by atoms with van der Waals surface area (Å²) in [6.45, 7) is 3.61. The highest BCUT2D eigenvalue weighted by Gasteiger charge is 2.12. The normalized spacial score (nSPS) is 10.3. The highest BCUT2D eigenvalue weighted by molar-refractivity contribution is 6.05. The first-order valence-electron chi connectivity index (χ1n) is 6.80. The van der Waals surface area contributed by atoms with Crippen molar-refractivity contribution in [1.29, 1.82) is 0 Å². The van der Waals surface area contributed by atoms with Crippen LogP contribution in [0.5, 0.6) is 0 Å². The van der Waals surface area contributed by atoms with Crippen molar-refractivity contribution in [2.24, 2.45) is 0 Å². The quantitative estimate of drug-likeness (QED) is 0.906. The molecular weight excluding hydrogens is 269 g/mol. The van der Waals surface area contributed by atoms with Crippen molar-refractivity contribution < 1.29 is 9.18 Å². The second-order valence-electron chi connectivity index (χ2n) is 4.70. The van der Waals surface area contributed by atoms with Gasteiger partial charge in [0.25, 0.3) is 5.91 Å². The molecular formula is C16H18FN3O. The van der Waals surface area contributed by atoms with Gasteiger partial charge in [-0.1, -0.05) is 13.0 Å². The third kappa shape index (κ3) is 3.37. The number of carbonyl (C=O) groups excluding carboxylic acids is 1. The molecule has 0 atom stereocenters. The molecule has 4 nitrogen and oxygen atoms in total. The van der Waals surface area contributed by atoms with Gasteiger partial charge < -0.3 is 10.6 Å². The molecule has 0 saturated carbocycles. The van der Waals surface area contributed by atoms with Gasteiger partial charge in [0, 0.05) is 29.6 Å². The number of pyridine rings is 1. The van der Waals surface area contributed by atoms with Crippen LogP contribution in [0.25, 0.3) is 0 Å². The third-order valence-electron chi connectivity index (χ3n) is 3.27. The van der Waals surface area contributed by atoms with Crippen LogP contribution in [0, 0.1) is 12.7 Å². The number of aromatic nitrogens is 1. The van der Waals surface area contributed by atoms with Crippen molar-refractivity contribution in [3.63, 3.8) is 0 Å². The molecule has 0 radical (unpaired) electrons. The molecule has 2 N–H and O–H groups in total. The molecule has 2 aromatic rings. The van der Waals surface area contributed by atoms with Crippen molar-refractivity contribution >= 4 is 17.4 Å². The number of hydrogen-bond acceptors (Lipinski definition) is 3. The minimum Gasteiger partial charge on any atom is -0.373 e. The second-order valence-corrected chi connectivity index (χ2v) is 4.70. The maximum absolute atomic E-state index is 13.5. The summed E-state index contributed by atoms with van der Waals surface area (Å²) in [4.78, 5) is 16.7. The number of hydrogen-bond donors (Lipinski definition) is 2. The molecule has 0 aliphatic rings. The fourth-order valence-electron chi connectivity index (χ4n) is 1.97. The van der Waals surface area contributed by atoms with Crippen molar-refractivity contribution in [1.82, 2.24) is 4.98 Å². The first-order chi connectivity index (χ1) is 10.0.